The standard InChI is InChI=1S/C9H10N2O2/c10-5-4-6-2-1-3-7-8(6)13-9(12)11-7/h1-3H,4-5,10H2,(H,11,12). The van der Waals surface area contributed by atoms with Gasteiger partial charge in [-0.2, -0.15) is 0 Å². The lowest BCUT2D eigenvalue weighted by atomic mass is 10.1. The zero-order valence-electron chi connectivity index (χ0n) is 7.04. The highest BCUT2D eigenvalue weighted by atomic mass is 16.4. The number of oxazole rings is 1. The van der Waals surface area contributed by atoms with Crippen LogP contribution in [0.25, 0.3) is 11.1 Å². The fourth-order valence-corrected chi connectivity index (χ4v) is 1.38. The van der Waals surface area contributed by atoms with Gasteiger partial charge in [0.1, 0.15) is 0 Å². The molecule has 0 aliphatic carbocycles. The van der Waals surface area contributed by atoms with Gasteiger partial charge in [-0.15, -0.1) is 0 Å². The molecule has 0 spiro atoms. The minimum atomic E-state index is -0.417. The number of para-hydroxylation sites is 1. The fourth-order valence-electron chi connectivity index (χ4n) is 1.38. The number of aromatic nitrogens is 1. The van der Waals surface area contributed by atoms with Crippen LogP contribution in [-0.4, -0.2) is 11.5 Å². The smallest absolute Gasteiger partial charge is 0.408 e. The molecule has 2 rings (SSSR count). The van der Waals surface area contributed by atoms with Crippen LogP contribution in [0, 0.1) is 0 Å². The van der Waals surface area contributed by atoms with E-state index in [1.165, 1.54) is 0 Å². The highest BCUT2D eigenvalue weighted by Gasteiger charge is 2.04. The Hall–Kier alpha value is -1.55. The Bertz CT molecular complexity index is 470. The van der Waals surface area contributed by atoms with E-state index in [1.807, 2.05) is 12.1 Å². The van der Waals surface area contributed by atoms with Crippen molar-refractivity contribution >= 4 is 11.1 Å². The molecule has 0 aliphatic rings. The molecule has 1 heterocycles. The molecule has 4 nitrogen and oxygen atoms in total. The first-order valence-electron chi connectivity index (χ1n) is 4.12. The van der Waals surface area contributed by atoms with Crippen molar-refractivity contribution in [1.82, 2.24) is 4.98 Å². The summed E-state index contributed by atoms with van der Waals surface area (Å²) in [5.41, 5.74) is 7.75. The lowest BCUT2D eigenvalue weighted by Crippen LogP contribution is -2.02. The molecule has 0 atom stereocenters. The van der Waals surface area contributed by atoms with Crippen LogP contribution in [0.3, 0.4) is 0 Å². The first-order valence-corrected chi connectivity index (χ1v) is 4.12. The van der Waals surface area contributed by atoms with E-state index in [9.17, 15) is 4.79 Å². The molecule has 0 amide bonds. The topological polar surface area (TPSA) is 72.0 Å². The van der Waals surface area contributed by atoms with E-state index in [-0.39, 0.29) is 0 Å². The Morgan fingerprint density at radius 3 is 3.08 bits per heavy atom. The second-order valence-electron chi connectivity index (χ2n) is 2.85. The van der Waals surface area contributed by atoms with Crippen molar-refractivity contribution in [3.8, 4) is 0 Å². The van der Waals surface area contributed by atoms with E-state index in [0.717, 1.165) is 17.5 Å². The molecule has 68 valence electrons. The summed E-state index contributed by atoms with van der Waals surface area (Å²) in [6.07, 6.45) is 0.720. The summed E-state index contributed by atoms with van der Waals surface area (Å²) >= 11 is 0. The van der Waals surface area contributed by atoms with Gasteiger partial charge in [-0.3, -0.25) is 4.98 Å². The van der Waals surface area contributed by atoms with Crippen molar-refractivity contribution in [2.24, 2.45) is 5.73 Å². The van der Waals surface area contributed by atoms with Gasteiger partial charge in [0.2, 0.25) is 0 Å². The van der Waals surface area contributed by atoms with E-state index in [2.05, 4.69) is 4.98 Å². The summed E-state index contributed by atoms with van der Waals surface area (Å²) in [4.78, 5) is 13.5. The van der Waals surface area contributed by atoms with E-state index >= 15 is 0 Å². The molecule has 0 saturated carbocycles. The average molecular weight is 178 g/mol. The van der Waals surface area contributed by atoms with E-state index in [1.54, 1.807) is 6.07 Å². The number of benzene rings is 1. The van der Waals surface area contributed by atoms with Crippen LogP contribution in [0.15, 0.2) is 27.4 Å². The van der Waals surface area contributed by atoms with Gasteiger partial charge in [0.15, 0.2) is 5.58 Å². The highest BCUT2D eigenvalue weighted by Crippen LogP contribution is 2.15. The molecule has 1 aromatic heterocycles. The third-order valence-electron chi connectivity index (χ3n) is 1.94. The van der Waals surface area contributed by atoms with Crippen molar-refractivity contribution in [2.75, 3.05) is 6.54 Å². The van der Waals surface area contributed by atoms with Crippen molar-refractivity contribution in [3.63, 3.8) is 0 Å². The van der Waals surface area contributed by atoms with Gasteiger partial charge in [0.25, 0.3) is 0 Å². The summed E-state index contributed by atoms with van der Waals surface area (Å²) in [7, 11) is 0. The zero-order chi connectivity index (χ0) is 9.26. The predicted molar refractivity (Wildman–Crippen MR) is 49.6 cm³/mol. The summed E-state index contributed by atoms with van der Waals surface area (Å²) in [5.74, 6) is -0.417. The number of H-pyrrole nitrogens is 1. The summed E-state index contributed by atoms with van der Waals surface area (Å²) in [6, 6.07) is 5.59. The van der Waals surface area contributed by atoms with Gasteiger partial charge >= 0.3 is 5.76 Å². The predicted octanol–water partition coefficient (Wildman–Crippen LogP) is 0.622. The second kappa shape index (κ2) is 3.06. The normalized spacial score (nSPS) is 10.8. The van der Waals surface area contributed by atoms with Crippen LogP contribution in [0.5, 0.6) is 0 Å². The third-order valence-corrected chi connectivity index (χ3v) is 1.94. The Morgan fingerprint density at radius 1 is 1.46 bits per heavy atom. The van der Waals surface area contributed by atoms with Crippen LogP contribution >= 0.6 is 0 Å². The molecule has 13 heavy (non-hydrogen) atoms. The van der Waals surface area contributed by atoms with E-state index in [4.69, 9.17) is 10.2 Å². The van der Waals surface area contributed by atoms with Crippen molar-refractivity contribution in [3.05, 3.63) is 34.3 Å². The molecule has 1 aromatic carbocycles. The number of nitrogens with two attached hydrogens (primary N) is 1. The molecular formula is C9H10N2O2. The molecule has 3 N–H and O–H groups in total. The summed E-state index contributed by atoms with van der Waals surface area (Å²) in [6.45, 7) is 0.550. The molecule has 0 fully saturated rings. The van der Waals surface area contributed by atoms with Gasteiger partial charge in [-0.25, -0.2) is 4.79 Å². The molecule has 0 saturated heterocycles. The Morgan fingerprint density at radius 2 is 2.31 bits per heavy atom. The second-order valence-corrected chi connectivity index (χ2v) is 2.85. The highest BCUT2D eigenvalue weighted by molar-refractivity contribution is 5.75. The van der Waals surface area contributed by atoms with Gasteiger partial charge in [-0.1, -0.05) is 12.1 Å². The lowest BCUT2D eigenvalue weighted by molar-refractivity contribution is 0.552. The number of hydrogen-bond donors (Lipinski definition) is 2. The molecule has 0 aliphatic heterocycles. The first-order chi connectivity index (χ1) is 6.31. The molecular weight excluding hydrogens is 168 g/mol. The monoisotopic (exact) mass is 178 g/mol. The van der Waals surface area contributed by atoms with Crippen LogP contribution in [0.1, 0.15) is 5.56 Å². The van der Waals surface area contributed by atoms with Gasteiger partial charge in [0.05, 0.1) is 5.52 Å². The largest absolute Gasteiger partial charge is 0.417 e. The third kappa shape index (κ3) is 1.36. The van der Waals surface area contributed by atoms with Crippen LogP contribution in [0.4, 0.5) is 0 Å². The maximum Gasteiger partial charge on any atom is 0.417 e. The van der Waals surface area contributed by atoms with Gasteiger partial charge in [-0.05, 0) is 24.6 Å². The summed E-state index contributed by atoms with van der Waals surface area (Å²) in [5, 5.41) is 0. The maximum absolute atomic E-state index is 10.9. The molecule has 0 bridgehead atoms. The Labute approximate surface area is 74.4 Å². The number of fused-ring (bicyclic) bond motifs is 1. The van der Waals surface area contributed by atoms with Crippen molar-refractivity contribution in [1.29, 1.82) is 0 Å². The maximum atomic E-state index is 10.9. The fraction of sp³-hybridized carbons (Fsp3) is 0.222. The first kappa shape index (κ1) is 8.07. The zero-order valence-corrected chi connectivity index (χ0v) is 7.04. The van der Waals surface area contributed by atoms with Gasteiger partial charge in [0, 0.05) is 0 Å². The lowest BCUT2D eigenvalue weighted by Gasteiger charge is -1.97. The van der Waals surface area contributed by atoms with Crippen LogP contribution in [-0.2, 0) is 6.42 Å². The van der Waals surface area contributed by atoms with E-state index in [0.29, 0.717) is 12.1 Å². The van der Waals surface area contributed by atoms with Crippen molar-refractivity contribution in [2.45, 2.75) is 6.42 Å². The minimum Gasteiger partial charge on any atom is -0.408 e. The summed E-state index contributed by atoms with van der Waals surface area (Å²) < 4.78 is 4.98. The molecule has 0 radical (unpaired) electrons. The van der Waals surface area contributed by atoms with Gasteiger partial charge < -0.3 is 10.2 Å². The number of rotatable bonds is 2. The molecule has 4 heteroatoms. The SMILES string of the molecule is NCCc1cccc2[nH]c(=O)oc12. The number of hydrogen-bond acceptors (Lipinski definition) is 3. The minimum absolute atomic E-state index is 0.417. The van der Waals surface area contributed by atoms with Crippen LogP contribution < -0.4 is 11.5 Å². The molecule has 2 aromatic rings. The number of nitrogens with one attached hydrogen (secondary N) is 1. The number of aromatic amines is 1. The van der Waals surface area contributed by atoms with Crippen LogP contribution in [0.2, 0.25) is 0 Å². The quantitative estimate of drug-likeness (QED) is 0.708. The van der Waals surface area contributed by atoms with E-state index < -0.39 is 5.76 Å². The van der Waals surface area contributed by atoms with Crippen molar-refractivity contribution < 1.29 is 4.42 Å². The molecule has 0 unspecified atom stereocenters. The Kier molecular flexibility index (Phi) is 1.90. The Balaban J connectivity index is 2.67. The average Bonchev–Trinajstić information content (AvgIpc) is 2.47.